The zero-order valence-electron chi connectivity index (χ0n) is 41.3. The lowest BCUT2D eigenvalue weighted by Gasteiger charge is -2.50. The SMILES string of the molecule is C=CC[C@@H]1/C=C(\C)C[C@H](C)C[C@H](OC)[C@H]2O[C@@](CNCCc3ccc(F)cc3)(C(=O)C(=O)N3CCCC[C@H]3C(=O)O[C@H](/C(C)=C/[C@@H]3CC[C@@H](O)[C@H](OC)C3)[C@H](C)[C@@H](O)CC1=O)[C@H](C)C[C@@H]2OC. The summed E-state index contributed by atoms with van der Waals surface area (Å²) in [5.41, 5.74) is 0.852. The first-order valence-corrected chi connectivity index (χ1v) is 24.6. The molecule has 14 atom stereocenters. The van der Waals surface area contributed by atoms with E-state index in [1.807, 2.05) is 32.9 Å². The molecular weight excluding hydrogens is 860 g/mol. The van der Waals surface area contributed by atoms with Gasteiger partial charge in [0.25, 0.3) is 11.7 Å². The molecule has 3 N–H and O–H groups in total. The Hall–Kier alpha value is -3.63. The third kappa shape index (κ3) is 13.8. The van der Waals surface area contributed by atoms with Crippen molar-refractivity contribution in [3.8, 4) is 0 Å². The van der Waals surface area contributed by atoms with Crippen LogP contribution < -0.4 is 5.32 Å². The molecule has 374 valence electrons. The van der Waals surface area contributed by atoms with E-state index in [4.69, 9.17) is 23.7 Å². The molecular formula is C53H79FN2O11. The maximum absolute atomic E-state index is 15.3. The second-order valence-electron chi connectivity index (χ2n) is 20.0. The summed E-state index contributed by atoms with van der Waals surface area (Å²) < 4.78 is 45.0. The number of allylic oxidation sites excluding steroid dienone is 4. The highest BCUT2D eigenvalue weighted by Gasteiger charge is 2.57. The van der Waals surface area contributed by atoms with Crippen LogP contribution >= 0.6 is 0 Å². The summed E-state index contributed by atoms with van der Waals surface area (Å²) in [6, 6.07) is 5.12. The molecule has 0 unspecified atom stereocenters. The van der Waals surface area contributed by atoms with Crippen LogP contribution in [0.3, 0.4) is 0 Å². The van der Waals surface area contributed by atoms with Crippen molar-refractivity contribution in [3.63, 3.8) is 0 Å². The van der Waals surface area contributed by atoms with Crippen LogP contribution in [0.5, 0.6) is 0 Å². The molecule has 1 aromatic carbocycles. The Morgan fingerprint density at radius 2 is 1.61 bits per heavy atom. The lowest BCUT2D eigenvalue weighted by molar-refractivity contribution is -0.233. The summed E-state index contributed by atoms with van der Waals surface area (Å²) in [6.07, 6.45) is 6.13. The van der Waals surface area contributed by atoms with Gasteiger partial charge in [0.15, 0.2) is 5.60 Å². The molecule has 0 spiro atoms. The van der Waals surface area contributed by atoms with E-state index in [0.717, 1.165) is 11.1 Å². The van der Waals surface area contributed by atoms with Gasteiger partial charge in [-0.2, -0.15) is 0 Å². The van der Waals surface area contributed by atoms with Crippen molar-refractivity contribution in [1.29, 1.82) is 0 Å². The molecule has 4 aliphatic rings. The average Bonchev–Trinajstić information content (AvgIpc) is 3.31. The summed E-state index contributed by atoms with van der Waals surface area (Å²) in [6.45, 7) is 14.0. The number of carbonyl (C=O) groups is 4. The smallest absolute Gasteiger partial charge is 0.329 e. The Labute approximate surface area is 398 Å². The van der Waals surface area contributed by atoms with E-state index in [2.05, 4.69) is 18.8 Å². The molecule has 5 rings (SSSR count). The number of carbonyl (C=O) groups excluding carboxylic acids is 4. The van der Waals surface area contributed by atoms with E-state index in [0.29, 0.717) is 76.3 Å². The second-order valence-corrected chi connectivity index (χ2v) is 20.0. The number of aliphatic hydroxyl groups is 2. The molecule has 14 heteroatoms. The number of nitrogens with one attached hydrogen (secondary N) is 1. The number of fused-ring (bicyclic) bond motifs is 3. The lowest BCUT2D eigenvalue weighted by atomic mass is 9.75. The summed E-state index contributed by atoms with van der Waals surface area (Å²) in [7, 11) is 4.77. The van der Waals surface area contributed by atoms with Gasteiger partial charge in [0.05, 0.1) is 30.5 Å². The Kier molecular flexibility index (Phi) is 20.5. The Morgan fingerprint density at radius 1 is 0.925 bits per heavy atom. The number of ketones is 2. The summed E-state index contributed by atoms with van der Waals surface area (Å²) in [5.74, 6) is -4.62. The fourth-order valence-electron chi connectivity index (χ4n) is 11.0. The third-order valence-corrected chi connectivity index (χ3v) is 15.0. The van der Waals surface area contributed by atoms with Gasteiger partial charge in [0.1, 0.15) is 29.9 Å². The highest BCUT2D eigenvalue weighted by Crippen LogP contribution is 2.41. The predicted octanol–water partition coefficient (Wildman–Crippen LogP) is 6.66. The highest BCUT2D eigenvalue weighted by atomic mass is 19.1. The molecule has 3 aliphatic heterocycles. The van der Waals surface area contributed by atoms with Crippen LogP contribution in [0.4, 0.5) is 4.39 Å². The van der Waals surface area contributed by atoms with Gasteiger partial charge in [-0.1, -0.05) is 56.7 Å². The number of cyclic esters (lactones) is 1. The fourth-order valence-corrected chi connectivity index (χ4v) is 11.0. The van der Waals surface area contributed by atoms with Gasteiger partial charge in [-0.15, -0.1) is 6.58 Å². The molecule has 2 saturated heterocycles. The van der Waals surface area contributed by atoms with Gasteiger partial charge in [-0.25, -0.2) is 9.18 Å². The Balaban J connectivity index is 1.57. The van der Waals surface area contributed by atoms with Gasteiger partial charge in [-0.3, -0.25) is 14.4 Å². The zero-order chi connectivity index (χ0) is 49.0. The molecule has 2 bridgehead atoms. The summed E-state index contributed by atoms with van der Waals surface area (Å²) in [5, 5.41) is 25.8. The topological polar surface area (TPSA) is 170 Å². The number of amides is 1. The molecule has 1 amide bonds. The minimum atomic E-state index is -1.69. The van der Waals surface area contributed by atoms with Crippen LogP contribution in [-0.4, -0.2) is 134 Å². The molecule has 13 nitrogen and oxygen atoms in total. The number of piperidine rings is 1. The molecule has 1 aromatic rings. The van der Waals surface area contributed by atoms with Crippen LogP contribution in [0, 0.1) is 35.4 Å². The van der Waals surface area contributed by atoms with Crippen molar-refractivity contribution >= 4 is 23.4 Å². The minimum absolute atomic E-state index is 0.0155. The quantitative estimate of drug-likeness (QED) is 0.0884. The molecule has 0 aromatic heterocycles. The number of benzene rings is 1. The van der Waals surface area contributed by atoms with E-state index < -0.39 is 83.7 Å². The number of rotatable bonds is 12. The van der Waals surface area contributed by atoms with Gasteiger partial charge in [-0.05, 0) is 132 Å². The van der Waals surface area contributed by atoms with Crippen LogP contribution in [0.1, 0.15) is 111 Å². The van der Waals surface area contributed by atoms with Gasteiger partial charge in [0, 0.05) is 52.7 Å². The van der Waals surface area contributed by atoms with Crippen molar-refractivity contribution in [3.05, 3.63) is 71.6 Å². The van der Waals surface area contributed by atoms with Crippen LogP contribution in [0.25, 0.3) is 0 Å². The number of Topliss-reactive ketones (excluding diaryl/α,β-unsaturated/α-hetero) is 2. The zero-order valence-corrected chi connectivity index (χ0v) is 41.3. The third-order valence-electron chi connectivity index (χ3n) is 15.0. The molecule has 0 radical (unpaired) electrons. The van der Waals surface area contributed by atoms with Gasteiger partial charge < -0.3 is 44.1 Å². The van der Waals surface area contributed by atoms with Crippen LogP contribution in [0.15, 0.2) is 60.2 Å². The highest BCUT2D eigenvalue weighted by molar-refractivity contribution is 6.39. The number of nitrogens with zero attached hydrogens (tertiary/aromatic N) is 1. The monoisotopic (exact) mass is 939 g/mol. The number of esters is 1. The number of ether oxygens (including phenoxy) is 5. The standard InChI is InChI=1S/C53H79FN2O11/c1-10-13-39-25-32(2)24-33(3)26-46(64-8)49-47(65-9)28-35(5)53(67-49,31-55-22-21-37-15-18-40(54)19-16-37)50(60)51(61)56-23-12-11-14-41(56)52(62)66-48(36(6)43(58)30-44(39)59)34(4)27-38-17-20-42(57)45(29-38)63-7/h10,15-16,18-19,25,27,33,35-36,38-39,41-43,45-49,55,57-58H,1,11-14,17,20-24,26,28-31H2,2-9H3/b32-25+,34-27+/t33-,35+,36+,38-,39+,41-,42+,43-,45+,46-,47-,48+,49+,53+/m0/s1. The van der Waals surface area contributed by atoms with Crippen molar-refractivity contribution < 1.29 is 57.5 Å². The number of methoxy groups -OCH3 is 3. The van der Waals surface area contributed by atoms with Crippen LogP contribution in [-0.2, 0) is 49.3 Å². The number of aliphatic hydroxyl groups excluding tert-OH is 2. The van der Waals surface area contributed by atoms with Gasteiger partial charge >= 0.3 is 5.97 Å². The lowest BCUT2D eigenvalue weighted by Crippen LogP contribution is -2.67. The van der Waals surface area contributed by atoms with E-state index in [-0.39, 0.29) is 55.5 Å². The largest absolute Gasteiger partial charge is 0.456 e. The maximum Gasteiger partial charge on any atom is 0.329 e. The second kappa shape index (κ2) is 25.3. The number of hydrogen-bond donors (Lipinski definition) is 3. The van der Waals surface area contributed by atoms with E-state index in [9.17, 15) is 29.0 Å². The summed E-state index contributed by atoms with van der Waals surface area (Å²) in [4.78, 5) is 60.4. The number of halogens is 1. The minimum Gasteiger partial charge on any atom is -0.456 e. The summed E-state index contributed by atoms with van der Waals surface area (Å²) >= 11 is 0. The Morgan fingerprint density at radius 3 is 2.28 bits per heavy atom. The first-order chi connectivity index (χ1) is 32.0. The first-order valence-electron chi connectivity index (χ1n) is 24.6. The average molecular weight is 939 g/mol. The van der Waals surface area contributed by atoms with Crippen molar-refractivity contribution in [1.82, 2.24) is 10.2 Å². The van der Waals surface area contributed by atoms with E-state index >= 15 is 4.79 Å². The Bertz CT molecular complexity index is 1890. The van der Waals surface area contributed by atoms with Crippen LogP contribution in [0.2, 0.25) is 0 Å². The molecule has 1 saturated carbocycles. The maximum atomic E-state index is 15.3. The van der Waals surface area contributed by atoms with Crippen molar-refractivity contribution in [2.75, 3.05) is 41.0 Å². The molecule has 1 aliphatic carbocycles. The number of hydrogen-bond acceptors (Lipinski definition) is 12. The molecule has 3 heterocycles. The fraction of sp³-hybridized carbons (Fsp3) is 0.698. The molecule has 3 fully saturated rings. The normalized spacial score (nSPS) is 36.6. The van der Waals surface area contributed by atoms with Gasteiger partial charge in [0.2, 0.25) is 0 Å². The first kappa shape index (κ1) is 54.3. The predicted molar refractivity (Wildman–Crippen MR) is 253 cm³/mol. The molecule has 67 heavy (non-hydrogen) atoms. The van der Waals surface area contributed by atoms with E-state index in [1.165, 1.54) is 17.0 Å². The van der Waals surface area contributed by atoms with Crippen molar-refractivity contribution in [2.45, 2.75) is 166 Å². The van der Waals surface area contributed by atoms with E-state index in [1.54, 1.807) is 46.5 Å². The van der Waals surface area contributed by atoms with Crippen molar-refractivity contribution in [2.24, 2.45) is 29.6 Å².